The van der Waals surface area contributed by atoms with Crippen molar-refractivity contribution in [1.82, 2.24) is 4.90 Å². The molecular weight excluding hydrogens is 242 g/mol. The number of nitrogens with zero attached hydrogens (tertiary/aromatic N) is 1. The van der Waals surface area contributed by atoms with Crippen molar-refractivity contribution in [3.05, 3.63) is 0 Å². The van der Waals surface area contributed by atoms with Crippen LogP contribution in [0.2, 0.25) is 0 Å². The lowest BCUT2D eigenvalue weighted by atomic mass is 9.80. The van der Waals surface area contributed by atoms with Gasteiger partial charge in [-0.25, -0.2) is 0 Å². The minimum absolute atomic E-state index is 0.126. The third-order valence-corrected chi connectivity index (χ3v) is 4.08. The van der Waals surface area contributed by atoms with Crippen molar-refractivity contribution < 1.29 is 14.3 Å². The van der Waals surface area contributed by atoms with E-state index in [4.69, 9.17) is 9.47 Å². The molecule has 1 saturated carbocycles. The van der Waals surface area contributed by atoms with E-state index in [-0.39, 0.29) is 5.97 Å². The zero-order valence-electron chi connectivity index (χ0n) is 12.9. The summed E-state index contributed by atoms with van der Waals surface area (Å²) in [6, 6.07) is 0.582. The van der Waals surface area contributed by atoms with Crippen LogP contribution in [0.3, 0.4) is 0 Å². The number of hydrogen-bond acceptors (Lipinski definition) is 4. The van der Waals surface area contributed by atoms with Crippen LogP contribution in [0.25, 0.3) is 0 Å². The number of carbonyl (C=O) groups excluding carboxylic acids is 1. The van der Waals surface area contributed by atoms with Crippen molar-refractivity contribution >= 4 is 5.97 Å². The smallest absolute Gasteiger partial charge is 0.306 e. The van der Waals surface area contributed by atoms with E-state index in [1.54, 1.807) is 7.11 Å². The molecule has 1 rings (SSSR count). The van der Waals surface area contributed by atoms with Gasteiger partial charge in [0.2, 0.25) is 0 Å². The number of carbonyl (C=O) groups is 1. The number of hydrogen-bond donors (Lipinski definition) is 0. The lowest BCUT2D eigenvalue weighted by Gasteiger charge is -2.39. The third-order valence-electron chi connectivity index (χ3n) is 4.08. The Morgan fingerprint density at radius 1 is 1.11 bits per heavy atom. The molecule has 0 radical (unpaired) electrons. The highest BCUT2D eigenvalue weighted by Crippen LogP contribution is 2.31. The average molecular weight is 271 g/mol. The van der Waals surface area contributed by atoms with Gasteiger partial charge in [-0.2, -0.15) is 0 Å². The molecule has 112 valence electrons. The van der Waals surface area contributed by atoms with Gasteiger partial charge < -0.3 is 9.47 Å². The van der Waals surface area contributed by atoms with E-state index in [0.29, 0.717) is 12.5 Å². The van der Waals surface area contributed by atoms with Crippen LogP contribution in [0.5, 0.6) is 0 Å². The van der Waals surface area contributed by atoms with E-state index in [9.17, 15) is 4.79 Å². The maximum Gasteiger partial charge on any atom is 0.306 e. The fourth-order valence-corrected chi connectivity index (χ4v) is 3.23. The fourth-order valence-electron chi connectivity index (χ4n) is 3.23. The van der Waals surface area contributed by atoms with Gasteiger partial charge >= 0.3 is 5.97 Å². The van der Waals surface area contributed by atoms with Gasteiger partial charge in [0.05, 0.1) is 20.1 Å². The van der Waals surface area contributed by atoms with E-state index in [2.05, 4.69) is 18.7 Å². The molecule has 0 bridgehead atoms. The molecule has 0 amide bonds. The van der Waals surface area contributed by atoms with Crippen LogP contribution in [0.1, 0.15) is 39.5 Å². The molecule has 2 atom stereocenters. The molecule has 0 saturated heterocycles. The fraction of sp³-hybridized carbons (Fsp3) is 0.933. The van der Waals surface area contributed by atoms with Crippen molar-refractivity contribution in [3.8, 4) is 0 Å². The van der Waals surface area contributed by atoms with E-state index < -0.39 is 0 Å². The summed E-state index contributed by atoms with van der Waals surface area (Å²) >= 11 is 0. The van der Waals surface area contributed by atoms with Gasteiger partial charge in [-0.05, 0) is 31.1 Å². The molecule has 0 spiro atoms. The molecule has 0 aromatic rings. The standard InChI is InChI=1S/C15H29NO3/c1-12-9-13(2)11-14(10-12)16(7-8-18-3)6-5-15(17)19-4/h12-14H,5-11H2,1-4H3. The summed E-state index contributed by atoms with van der Waals surface area (Å²) in [4.78, 5) is 13.7. The van der Waals surface area contributed by atoms with Gasteiger partial charge in [-0.1, -0.05) is 13.8 Å². The Kier molecular flexibility index (Phi) is 7.39. The highest BCUT2D eigenvalue weighted by atomic mass is 16.5. The first-order chi connectivity index (χ1) is 9.06. The van der Waals surface area contributed by atoms with E-state index >= 15 is 0 Å². The molecule has 0 aromatic heterocycles. The van der Waals surface area contributed by atoms with Gasteiger partial charge in [-0.15, -0.1) is 0 Å². The zero-order chi connectivity index (χ0) is 14.3. The second kappa shape index (κ2) is 8.54. The maximum atomic E-state index is 11.3. The second-order valence-corrected chi connectivity index (χ2v) is 5.93. The second-order valence-electron chi connectivity index (χ2n) is 5.93. The summed E-state index contributed by atoms with van der Waals surface area (Å²) in [6.07, 6.45) is 4.26. The van der Waals surface area contributed by atoms with Crippen molar-refractivity contribution in [3.63, 3.8) is 0 Å². The Bertz CT molecular complexity index is 260. The number of esters is 1. The highest BCUT2D eigenvalue weighted by molar-refractivity contribution is 5.69. The predicted octanol–water partition coefficient (Wildman–Crippen LogP) is 2.32. The molecule has 1 fully saturated rings. The molecule has 1 aliphatic rings. The third kappa shape index (κ3) is 5.91. The normalized spacial score (nSPS) is 27.5. The van der Waals surface area contributed by atoms with Gasteiger partial charge in [0, 0.05) is 26.2 Å². The van der Waals surface area contributed by atoms with Gasteiger partial charge in [0.15, 0.2) is 0 Å². The quantitative estimate of drug-likeness (QED) is 0.666. The van der Waals surface area contributed by atoms with Gasteiger partial charge in [0.25, 0.3) is 0 Å². The number of rotatable bonds is 7. The summed E-state index contributed by atoms with van der Waals surface area (Å²) in [5.41, 5.74) is 0. The van der Waals surface area contributed by atoms with Crippen LogP contribution >= 0.6 is 0 Å². The Labute approximate surface area is 117 Å². The number of ether oxygens (including phenoxy) is 2. The molecule has 4 nitrogen and oxygen atoms in total. The van der Waals surface area contributed by atoms with Gasteiger partial charge in [0.1, 0.15) is 0 Å². The van der Waals surface area contributed by atoms with Crippen LogP contribution in [-0.4, -0.2) is 50.8 Å². The van der Waals surface area contributed by atoms with Crippen LogP contribution in [-0.2, 0) is 14.3 Å². The van der Waals surface area contributed by atoms with Crippen LogP contribution in [0, 0.1) is 11.8 Å². The monoisotopic (exact) mass is 271 g/mol. The Hall–Kier alpha value is -0.610. The Morgan fingerprint density at radius 2 is 1.74 bits per heavy atom. The topological polar surface area (TPSA) is 38.8 Å². The predicted molar refractivity (Wildman–Crippen MR) is 76.0 cm³/mol. The van der Waals surface area contributed by atoms with E-state index in [1.807, 2.05) is 0 Å². The van der Waals surface area contributed by atoms with Crippen molar-refractivity contribution in [2.75, 3.05) is 33.9 Å². The summed E-state index contributed by atoms with van der Waals surface area (Å²) in [5.74, 6) is 1.42. The summed E-state index contributed by atoms with van der Waals surface area (Å²) < 4.78 is 9.93. The van der Waals surface area contributed by atoms with Crippen LogP contribution in [0.15, 0.2) is 0 Å². The molecule has 19 heavy (non-hydrogen) atoms. The molecule has 4 heteroatoms. The van der Waals surface area contributed by atoms with Crippen molar-refractivity contribution in [2.45, 2.75) is 45.6 Å². The molecule has 0 heterocycles. The first-order valence-electron chi connectivity index (χ1n) is 7.36. The highest BCUT2D eigenvalue weighted by Gasteiger charge is 2.28. The first-order valence-corrected chi connectivity index (χ1v) is 7.36. The van der Waals surface area contributed by atoms with Crippen molar-refractivity contribution in [2.24, 2.45) is 11.8 Å². The molecule has 0 N–H and O–H groups in total. The molecule has 2 unspecified atom stereocenters. The van der Waals surface area contributed by atoms with Crippen LogP contribution in [0.4, 0.5) is 0 Å². The molecular formula is C15H29NO3. The van der Waals surface area contributed by atoms with Crippen LogP contribution < -0.4 is 0 Å². The number of methoxy groups -OCH3 is 2. The average Bonchev–Trinajstić information content (AvgIpc) is 2.37. The maximum absolute atomic E-state index is 11.3. The minimum atomic E-state index is -0.126. The molecule has 0 aromatic carbocycles. The summed E-state index contributed by atoms with van der Waals surface area (Å²) in [5, 5.41) is 0. The SMILES string of the molecule is COCCN(CCC(=O)OC)C1CC(C)CC(C)C1. The summed E-state index contributed by atoms with van der Waals surface area (Å²) in [7, 11) is 3.18. The largest absolute Gasteiger partial charge is 0.469 e. The first kappa shape index (κ1) is 16.4. The van der Waals surface area contributed by atoms with Crippen molar-refractivity contribution in [1.29, 1.82) is 0 Å². The minimum Gasteiger partial charge on any atom is -0.469 e. The van der Waals surface area contributed by atoms with Gasteiger partial charge in [-0.3, -0.25) is 9.69 Å². The lowest BCUT2D eigenvalue weighted by Crippen LogP contribution is -2.43. The Balaban J connectivity index is 2.53. The Morgan fingerprint density at radius 3 is 2.26 bits per heavy atom. The molecule has 1 aliphatic carbocycles. The zero-order valence-corrected chi connectivity index (χ0v) is 12.9. The molecule has 0 aliphatic heterocycles. The van der Waals surface area contributed by atoms with E-state index in [1.165, 1.54) is 26.4 Å². The van der Waals surface area contributed by atoms with E-state index in [0.717, 1.165) is 31.5 Å². The summed E-state index contributed by atoms with van der Waals surface area (Å²) in [6.45, 7) is 7.06. The lowest BCUT2D eigenvalue weighted by molar-refractivity contribution is -0.141.